The van der Waals surface area contributed by atoms with Gasteiger partial charge in [0.15, 0.2) is 6.61 Å². The number of carbonyl (C=O) groups is 4. The van der Waals surface area contributed by atoms with Crippen molar-refractivity contribution < 1.29 is 23.9 Å². The summed E-state index contributed by atoms with van der Waals surface area (Å²) in [7, 11) is 0. The molecule has 0 unspecified atom stereocenters. The fraction of sp³-hybridized carbons (Fsp3) is 0.524. The molecular weight excluding hydrogens is 360 g/mol. The lowest BCUT2D eigenvalue weighted by Gasteiger charge is -2.28. The van der Waals surface area contributed by atoms with E-state index in [1.54, 1.807) is 43.0 Å². The lowest BCUT2D eigenvalue weighted by molar-refractivity contribution is -0.156. The van der Waals surface area contributed by atoms with E-state index in [1.165, 1.54) is 0 Å². The fourth-order valence-corrected chi connectivity index (χ4v) is 3.77. The summed E-state index contributed by atoms with van der Waals surface area (Å²) in [6, 6.07) is 5.43. The number of rotatable bonds is 5. The van der Waals surface area contributed by atoms with Crippen LogP contribution in [-0.2, 0) is 14.3 Å². The summed E-state index contributed by atoms with van der Waals surface area (Å²) in [6.07, 6.45) is 4.09. The van der Waals surface area contributed by atoms with Crippen molar-refractivity contribution in [1.82, 2.24) is 9.80 Å². The van der Waals surface area contributed by atoms with Crippen molar-refractivity contribution in [3.63, 3.8) is 0 Å². The summed E-state index contributed by atoms with van der Waals surface area (Å²) in [5, 5.41) is 0. The maximum Gasteiger partial charge on any atom is 0.330 e. The molecule has 0 aromatic heterocycles. The van der Waals surface area contributed by atoms with Gasteiger partial charge < -0.3 is 9.64 Å². The topological polar surface area (TPSA) is 84.0 Å². The Morgan fingerprint density at radius 2 is 1.50 bits per heavy atom. The van der Waals surface area contributed by atoms with E-state index in [4.69, 9.17) is 4.74 Å². The van der Waals surface area contributed by atoms with Gasteiger partial charge in [-0.3, -0.25) is 19.3 Å². The maximum absolute atomic E-state index is 12.7. The van der Waals surface area contributed by atoms with Crippen molar-refractivity contribution in [3.05, 3.63) is 35.4 Å². The van der Waals surface area contributed by atoms with Crippen LogP contribution in [0.1, 0.15) is 60.2 Å². The molecule has 0 spiro atoms. The van der Waals surface area contributed by atoms with Crippen LogP contribution in [0.3, 0.4) is 0 Å². The number of likely N-dealkylation sites (tertiary alicyclic amines) is 1. The van der Waals surface area contributed by atoms with Gasteiger partial charge in [0.05, 0.1) is 11.1 Å². The Bertz CT molecular complexity index is 746. The Labute approximate surface area is 164 Å². The van der Waals surface area contributed by atoms with Gasteiger partial charge in [-0.05, 0) is 30.9 Å². The fourth-order valence-electron chi connectivity index (χ4n) is 3.77. The second-order valence-electron chi connectivity index (χ2n) is 7.62. The molecule has 2 heterocycles. The summed E-state index contributed by atoms with van der Waals surface area (Å²) < 4.78 is 5.25. The molecule has 1 fully saturated rings. The summed E-state index contributed by atoms with van der Waals surface area (Å²) in [5.41, 5.74) is 0.568. The standard InChI is InChI=1S/C21H26N2O5/c1-14(2)18(23-19(25)15-9-5-6-10-16(15)20(23)26)21(27)28-13-17(24)22-11-7-3-4-8-12-22/h5-6,9-10,14,18H,3-4,7-8,11-13H2,1-2H3/t18-/m0/s1. The van der Waals surface area contributed by atoms with E-state index in [-0.39, 0.29) is 29.6 Å². The molecule has 150 valence electrons. The van der Waals surface area contributed by atoms with Crippen LogP contribution in [0.25, 0.3) is 0 Å². The first-order valence-corrected chi connectivity index (χ1v) is 9.83. The van der Waals surface area contributed by atoms with Gasteiger partial charge in [-0.1, -0.05) is 38.8 Å². The second-order valence-corrected chi connectivity index (χ2v) is 7.62. The number of hydrogen-bond acceptors (Lipinski definition) is 5. The monoisotopic (exact) mass is 386 g/mol. The Balaban J connectivity index is 1.69. The third kappa shape index (κ3) is 3.93. The number of amides is 3. The Morgan fingerprint density at radius 3 is 2.00 bits per heavy atom. The van der Waals surface area contributed by atoms with Gasteiger partial charge >= 0.3 is 5.97 Å². The average molecular weight is 386 g/mol. The maximum atomic E-state index is 12.7. The van der Waals surface area contributed by atoms with Gasteiger partial charge in [0.25, 0.3) is 17.7 Å². The van der Waals surface area contributed by atoms with E-state index in [2.05, 4.69) is 0 Å². The summed E-state index contributed by atoms with van der Waals surface area (Å²) in [5.74, 6) is -2.32. The van der Waals surface area contributed by atoms with Crippen LogP contribution < -0.4 is 0 Å². The summed E-state index contributed by atoms with van der Waals surface area (Å²) in [6.45, 7) is 4.45. The van der Waals surface area contributed by atoms with E-state index >= 15 is 0 Å². The Hall–Kier alpha value is -2.70. The Morgan fingerprint density at radius 1 is 0.964 bits per heavy atom. The quantitative estimate of drug-likeness (QED) is 0.572. The van der Waals surface area contributed by atoms with Gasteiger partial charge in [0.2, 0.25) is 0 Å². The Kier molecular flexibility index (Phi) is 6.11. The third-order valence-corrected chi connectivity index (χ3v) is 5.27. The number of nitrogens with zero attached hydrogens (tertiary/aromatic N) is 2. The second kappa shape index (κ2) is 8.54. The lowest BCUT2D eigenvalue weighted by Crippen LogP contribution is -2.49. The highest BCUT2D eigenvalue weighted by Crippen LogP contribution is 2.27. The SMILES string of the molecule is CC(C)[C@@H](C(=O)OCC(=O)N1CCCCCC1)N1C(=O)c2ccccc2C1=O. The third-order valence-electron chi connectivity index (χ3n) is 5.27. The van der Waals surface area contributed by atoms with Crippen LogP contribution >= 0.6 is 0 Å². The van der Waals surface area contributed by atoms with Gasteiger partial charge in [0.1, 0.15) is 6.04 Å². The molecular formula is C21H26N2O5. The highest BCUT2D eigenvalue weighted by molar-refractivity contribution is 6.22. The molecule has 1 aromatic rings. The molecule has 0 bridgehead atoms. The van der Waals surface area contributed by atoms with Crippen molar-refractivity contribution >= 4 is 23.7 Å². The molecule has 2 aliphatic heterocycles. The van der Waals surface area contributed by atoms with Gasteiger partial charge in [-0.15, -0.1) is 0 Å². The van der Waals surface area contributed by atoms with Crippen molar-refractivity contribution in [2.45, 2.75) is 45.6 Å². The minimum absolute atomic E-state index is 0.236. The highest BCUT2D eigenvalue weighted by Gasteiger charge is 2.44. The average Bonchev–Trinajstić information content (AvgIpc) is 2.88. The normalized spacial score (nSPS) is 18.1. The zero-order valence-corrected chi connectivity index (χ0v) is 16.3. The molecule has 0 N–H and O–H groups in total. The van der Waals surface area contributed by atoms with Crippen LogP contribution in [0.2, 0.25) is 0 Å². The van der Waals surface area contributed by atoms with E-state index in [0.29, 0.717) is 13.1 Å². The molecule has 0 aliphatic carbocycles. The van der Waals surface area contributed by atoms with Crippen LogP contribution in [0.15, 0.2) is 24.3 Å². The van der Waals surface area contributed by atoms with E-state index in [9.17, 15) is 19.2 Å². The number of benzene rings is 1. The first-order valence-electron chi connectivity index (χ1n) is 9.83. The largest absolute Gasteiger partial charge is 0.454 e. The van der Waals surface area contributed by atoms with Gasteiger partial charge in [-0.2, -0.15) is 0 Å². The summed E-state index contributed by atoms with van der Waals surface area (Å²) >= 11 is 0. The molecule has 28 heavy (non-hydrogen) atoms. The molecule has 1 atom stereocenters. The molecule has 0 saturated carbocycles. The molecule has 0 radical (unpaired) electrons. The van der Waals surface area contributed by atoms with Crippen molar-refractivity contribution in [1.29, 1.82) is 0 Å². The first kappa shape index (κ1) is 20.0. The molecule has 1 aromatic carbocycles. The zero-order valence-electron chi connectivity index (χ0n) is 16.3. The molecule has 7 nitrogen and oxygen atoms in total. The van der Waals surface area contributed by atoms with Crippen LogP contribution in [-0.4, -0.2) is 59.2 Å². The smallest absolute Gasteiger partial charge is 0.330 e. The predicted octanol–water partition coefficient (Wildman–Crippen LogP) is 2.25. The van der Waals surface area contributed by atoms with Crippen molar-refractivity contribution in [2.75, 3.05) is 19.7 Å². The molecule has 1 saturated heterocycles. The molecule has 3 rings (SSSR count). The lowest BCUT2D eigenvalue weighted by atomic mass is 10.0. The number of carbonyl (C=O) groups excluding carboxylic acids is 4. The van der Waals surface area contributed by atoms with Gasteiger partial charge in [-0.25, -0.2) is 4.79 Å². The number of fused-ring (bicyclic) bond motifs is 1. The molecule has 7 heteroatoms. The number of esters is 1. The minimum Gasteiger partial charge on any atom is -0.454 e. The van der Waals surface area contributed by atoms with Crippen LogP contribution in [0.5, 0.6) is 0 Å². The van der Waals surface area contributed by atoms with E-state index in [0.717, 1.165) is 30.6 Å². The highest BCUT2D eigenvalue weighted by atomic mass is 16.5. The number of hydrogen-bond donors (Lipinski definition) is 0. The van der Waals surface area contributed by atoms with Crippen molar-refractivity contribution in [3.8, 4) is 0 Å². The molecule has 3 amide bonds. The van der Waals surface area contributed by atoms with Crippen molar-refractivity contribution in [2.24, 2.45) is 5.92 Å². The predicted molar refractivity (Wildman–Crippen MR) is 102 cm³/mol. The van der Waals surface area contributed by atoms with E-state index in [1.807, 2.05) is 0 Å². The van der Waals surface area contributed by atoms with E-state index < -0.39 is 23.8 Å². The number of ether oxygens (including phenoxy) is 1. The van der Waals surface area contributed by atoms with Gasteiger partial charge in [0, 0.05) is 13.1 Å². The first-order chi connectivity index (χ1) is 13.4. The van der Waals surface area contributed by atoms with Crippen LogP contribution in [0.4, 0.5) is 0 Å². The minimum atomic E-state index is -1.07. The zero-order chi connectivity index (χ0) is 20.3. The molecule has 2 aliphatic rings. The summed E-state index contributed by atoms with van der Waals surface area (Å²) in [4.78, 5) is 53.2. The van der Waals surface area contributed by atoms with Crippen LogP contribution in [0, 0.1) is 5.92 Å². The number of imide groups is 1.